The fourth-order valence-corrected chi connectivity index (χ4v) is 6.70. The van der Waals surface area contributed by atoms with E-state index in [1.165, 1.54) is 0 Å². The molecule has 5 rings (SSSR count). The molecule has 0 radical (unpaired) electrons. The van der Waals surface area contributed by atoms with Gasteiger partial charge in [-0.15, -0.1) is 11.3 Å². The van der Waals surface area contributed by atoms with Gasteiger partial charge < -0.3 is 19.4 Å². The third-order valence-electron chi connectivity index (χ3n) is 7.80. The van der Waals surface area contributed by atoms with Crippen molar-refractivity contribution in [3.63, 3.8) is 0 Å². The van der Waals surface area contributed by atoms with Crippen molar-refractivity contribution in [2.75, 3.05) is 50.8 Å². The number of piperazine rings is 1. The molecule has 3 heterocycles. The van der Waals surface area contributed by atoms with Crippen LogP contribution in [0.5, 0.6) is 0 Å². The molecule has 39 heavy (non-hydrogen) atoms. The van der Waals surface area contributed by atoms with E-state index in [0.29, 0.717) is 25.5 Å². The van der Waals surface area contributed by atoms with Crippen LogP contribution in [0.2, 0.25) is 0 Å². The van der Waals surface area contributed by atoms with Crippen molar-refractivity contribution in [2.24, 2.45) is 5.92 Å². The Labute approximate surface area is 235 Å². The van der Waals surface area contributed by atoms with E-state index >= 15 is 0 Å². The van der Waals surface area contributed by atoms with Crippen LogP contribution in [-0.4, -0.2) is 78.6 Å². The molecule has 0 bridgehead atoms. The third kappa shape index (κ3) is 6.86. The lowest BCUT2D eigenvalue weighted by molar-refractivity contribution is -0.144. The number of anilines is 1. The summed E-state index contributed by atoms with van der Waals surface area (Å²) in [7, 11) is 0. The Morgan fingerprint density at radius 1 is 1.00 bits per heavy atom. The Hall–Kier alpha value is -3.23. The Balaban J connectivity index is 1.38. The molecule has 1 unspecified atom stereocenters. The van der Waals surface area contributed by atoms with Crippen molar-refractivity contribution in [1.82, 2.24) is 14.8 Å². The number of benzene rings is 2. The number of aromatic nitrogens is 1. The molecular formula is C31H38N4O3S. The summed E-state index contributed by atoms with van der Waals surface area (Å²) in [6.45, 7) is 7.05. The highest BCUT2D eigenvalue weighted by molar-refractivity contribution is 7.13. The summed E-state index contributed by atoms with van der Waals surface area (Å²) in [5, 5.41) is 3.02. The number of carbonyl (C=O) groups excluding carboxylic acids is 2. The molecule has 0 N–H and O–H groups in total. The molecule has 2 fully saturated rings. The van der Waals surface area contributed by atoms with Crippen molar-refractivity contribution < 1.29 is 14.3 Å². The lowest BCUT2D eigenvalue weighted by atomic mass is 9.89. The number of carbonyl (C=O) groups is 2. The van der Waals surface area contributed by atoms with Gasteiger partial charge in [0.15, 0.2) is 5.13 Å². The maximum absolute atomic E-state index is 14.4. The van der Waals surface area contributed by atoms with Crippen molar-refractivity contribution >= 4 is 28.3 Å². The van der Waals surface area contributed by atoms with Crippen LogP contribution in [-0.2, 0) is 14.3 Å². The minimum Gasteiger partial charge on any atom is -0.466 e. The fraction of sp³-hybridized carbons (Fsp3) is 0.452. The summed E-state index contributed by atoms with van der Waals surface area (Å²) in [5.74, 6) is -0.0140. The first kappa shape index (κ1) is 27.3. The van der Waals surface area contributed by atoms with E-state index in [0.717, 1.165) is 61.8 Å². The molecule has 1 amide bonds. The maximum atomic E-state index is 14.4. The van der Waals surface area contributed by atoms with Crippen LogP contribution in [0.4, 0.5) is 5.13 Å². The number of hydrogen-bond donors (Lipinski definition) is 0. The monoisotopic (exact) mass is 546 g/mol. The molecule has 0 spiro atoms. The van der Waals surface area contributed by atoms with E-state index in [4.69, 9.17) is 4.74 Å². The second-order valence-corrected chi connectivity index (χ2v) is 11.4. The van der Waals surface area contributed by atoms with Crippen molar-refractivity contribution in [2.45, 2.75) is 38.1 Å². The minimum atomic E-state index is -0.348. The lowest BCUT2D eigenvalue weighted by Crippen LogP contribution is -2.60. The first-order chi connectivity index (χ1) is 19.1. The van der Waals surface area contributed by atoms with Gasteiger partial charge in [-0.3, -0.25) is 9.59 Å². The number of esters is 1. The average Bonchev–Trinajstić information content (AvgIpc) is 3.50. The highest BCUT2D eigenvalue weighted by atomic mass is 32.1. The van der Waals surface area contributed by atoms with Gasteiger partial charge in [0.05, 0.1) is 18.6 Å². The zero-order valence-electron chi connectivity index (χ0n) is 22.7. The molecule has 7 nitrogen and oxygen atoms in total. The second-order valence-electron chi connectivity index (χ2n) is 10.5. The first-order valence-corrected chi connectivity index (χ1v) is 14.9. The van der Waals surface area contributed by atoms with Gasteiger partial charge in [0.25, 0.3) is 0 Å². The number of amides is 1. The Bertz CT molecular complexity index is 1150. The number of likely N-dealkylation sites (tertiary alicyclic amines) is 1. The number of nitrogens with zero attached hydrogens (tertiary/aromatic N) is 4. The zero-order chi connectivity index (χ0) is 27.0. The predicted octanol–water partition coefficient (Wildman–Crippen LogP) is 4.66. The Kier molecular flexibility index (Phi) is 9.27. The Morgan fingerprint density at radius 2 is 1.72 bits per heavy atom. The van der Waals surface area contributed by atoms with Crippen LogP contribution in [0, 0.1) is 5.92 Å². The molecule has 3 aromatic rings. The van der Waals surface area contributed by atoms with Crippen LogP contribution in [0.1, 0.15) is 43.2 Å². The zero-order valence-corrected chi connectivity index (χ0v) is 23.5. The molecule has 206 valence electrons. The predicted molar refractivity (Wildman–Crippen MR) is 155 cm³/mol. The second kappa shape index (κ2) is 13.2. The number of rotatable bonds is 9. The summed E-state index contributed by atoms with van der Waals surface area (Å²) in [6.07, 6.45) is 4.40. The molecule has 0 saturated carbocycles. The summed E-state index contributed by atoms with van der Waals surface area (Å²) in [5.41, 5.74) is 2.03. The van der Waals surface area contributed by atoms with E-state index in [9.17, 15) is 9.59 Å². The van der Waals surface area contributed by atoms with Crippen LogP contribution in [0.3, 0.4) is 0 Å². The van der Waals surface area contributed by atoms with Crippen LogP contribution < -0.4 is 4.90 Å². The fourth-order valence-electron chi connectivity index (χ4n) is 6.02. The van der Waals surface area contributed by atoms with Gasteiger partial charge in [-0.25, -0.2) is 4.98 Å². The van der Waals surface area contributed by atoms with Gasteiger partial charge in [0.2, 0.25) is 5.91 Å². The van der Waals surface area contributed by atoms with Crippen molar-refractivity contribution in [3.8, 4) is 0 Å². The van der Waals surface area contributed by atoms with Gasteiger partial charge in [-0.1, -0.05) is 60.7 Å². The quantitative estimate of drug-likeness (QED) is 0.364. The van der Waals surface area contributed by atoms with Gasteiger partial charge in [-0.2, -0.15) is 0 Å². The van der Waals surface area contributed by atoms with E-state index in [-0.39, 0.29) is 23.8 Å². The van der Waals surface area contributed by atoms with E-state index in [2.05, 4.69) is 43.9 Å². The molecule has 2 aromatic carbocycles. The highest BCUT2D eigenvalue weighted by Crippen LogP contribution is 2.31. The van der Waals surface area contributed by atoms with E-state index in [1.54, 1.807) is 11.3 Å². The average molecular weight is 547 g/mol. The van der Waals surface area contributed by atoms with Gasteiger partial charge >= 0.3 is 5.97 Å². The van der Waals surface area contributed by atoms with Gasteiger partial charge in [0.1, 0.15) is 0 Å². The van der Waals surface area contributed by atoms with Gasteiger partial charge in [0, 0.05) is 50.7 Å². The number of ether oxygens (including phenoxy) is 1. The summed E-state index contributed by atoms with van der Waals surface area (Å²) in [4.78, 5) is 38.0. The highest BCUT2D eigenvalue weighted by Gasteiger charge is 2.37. The van der Waals surface area contributed by atoms with Crippen LogP contribution >= 0.6 is 11.3 Å². The molecule has 8 heteroatoms. The standard InChI is InChI=1S/C31H38N4O3S/c1-2-38-28(36)20-24-10-9-16-33(21-24)22-27-23-34(31-32-15-19-39-31)17-18-35(27)30(37)29(25-11-5-3-6-12-25)26-13-7-4-8-14-26/h3-8,11-15,19,24,27,29H,2,9-10,16-18,20-23H2,1H3/t24?,27-/m1/s1. The van der Waals surface area contributed by atoms with Gasteiger partial charge in [-0.05, 0) is 43.4 Å². The molecule has 0 aliphatic carbocycles. The first-order valence-electron chi connectivity index (χ1n) is 14.0. The Morgan fingerprint density at radius 3 is 2.36 bits per heavy atom. The van der Waals surface area contributed by atoms with Crippen molar-refractivity contribution in [1.29, 1.82) is 0 Å². The topological polar surface area (TPSA) is 66.0 Å². The molecule has 2 atom stereocenters. The number of thiazole rings is 1. The summed E-state index contributed by atoms with van der Waals surface area (Å²) in [6, 6.07) is 20.3. The normalized spacial score (nSPS) is 20.3. The number of piperidine rings is 1. The number of hydrogen-bond acceptors (Lipinski definition) is 7. The van der Waals surface area contributed by atoms with Crippen LogP contribution in [0.25, 0.3) is 0 Å². The minimum absolute atomic E-state index is 0.0198. The van der Waals surface area contributed by atoms with Crippen LogP contribution in [0.15, 0.2) is 72.2 Å². The smallest absolute Gasteiger partial charge is 0.306 e. The van der Waals surface area contributed by atoms with E-state index in [1.807, 2.05) is 54.9 Å². The summed E-state index contributed by atoms with van der Waals surface area (Å²) >= 11 is 1.65. The SMILES string of the molecule is CCOC(=O)CC1CCCN(C[C@@H]2CN(c3nccs3)CCN2C(=O)C(c2ccccc2)c2ccccc2)C1. The van der Waals surface area contributed by atoms with Crippen molar-refractivity contribution in [3.05, 3.63) is 83.4 Å². The third-order valence-corrected chi connectivity index (χ3v) is 8.63. The molecule has 2 aliphatic rings. The van der Waals surface area contributed by atoms with E-state index < -0.39 is 0 Å². The lowest BCUT2D eigenvalue weighted by Gasteiger charge is -2.45. The molecule has 2 saturated heterocycles. The molecular weight excluding hydrogens is 508 g/mol. The maximum Gasteiger partial charge on any atom is 0.306 e. The largest absolute Gasteiger partial charge is 0.466 e. The molecule has 1 aromatic heterocycles. The summed E-state index contributed by atoms with van der Waals surface area (Å²) < 4.78 is 5.22. The molecule has 2 aliphatic heterocycles.